The normalized spacial score (nSPS) is 10.3. The Morgan fingerprint density at radius 1 is 1.27 bits per heavy atom. The molecule has 5 nitrogen and oxygen atoms in total. The van der Waals surface area contributed by atoms with Gasteiger partial charge in [-0.2, -0.15) is 0 Å². The quantitative estimate of drug-likeness (QED) is 0.832. The molecular formula is C16H17ClN2O3. The van der Waals surface area contributed by atoms with Crippen LogP contribution in [0.4, 0.5) is 0 Å². The fourth-order valence-corrected chi connectivity index (χ4v) is 2.13. The van der Waals surface area contributed by atoms with Crippen molar-refractivity contribution >= 4 is 23.5 Å². The minimum absolute atomic E-state index is 0.226. The molecule has 6 heteroatoms. The van der Waals surface area contributed by atoms with Crippen LogP contribution in [0.2, 0.25) is 5.02 Å². The summed E-state index contributed by atoms with van der Waals surface area (Å²) in [4.78, 5) is 28.2. The van der Waals surface area contributed by atoms with Crippen molar-refractivity contribution in [2.45, 2.75) is 13.5 Å². The zero-order chi connectivity index (χ0) is 15.9. The second-order valence-electron chi connectivity index (χ2n) is 4.70. The number of rotatable bonds is 6. The SMILES string of the molecule is CCN(Cc1ccccc1)C(=O)COC(=O)c1cc(Cl)c[nH]1. The van der Waals surface area contributed by atoms with Crippen molar-refractivity contribution in [3.05, 3.63) is 58.9 Å². The van der Waals surface area contributed by atoms with E-state index in [-0.39, 0.29) is 18.2 Å². The van der Waals surface area contributed by atoms with Crippen LogP contribution < -0.4 is 0 Å². The average molecular weight is 321 g/mol. The highest BCUT2D eigenvalue weighted by molar-refractivity contribution is 6.30. The van der Waals surface area contributed by atoms with Crippen LogP contribution in [0.1, 0.15) is 23.0 Å². The molecule has 1 heterocycles. The summed E-state index contributed by atoms with van der Waals surface area (Å²) < 4.78 is 5.00. The summed E-state index contributed by atoms with van der Waals surface area (Å²) in [5, 5.41) is 0.414. The summed E-state index contributed by atoms with van der Waals surface area (Å²) in [6, 6.07) is 11.1. The highest BCUT2D eigenvalue weighted by atomic mass is 35.5. The largest absolute Gasteiger partial charge is 0.451 e. The Morgan fingerprint density at radius 3 is 2.59 bits per heavy atom. The molecule has 0 spiro atoms. The summed E-state index contributed by atoms with van der Waals surface area (Å²) in [6.07, 6.45) is 1.48. The van der Waals surface area contributed by atoms with E-state index in [1.807, 2.05) is 37.3 Å². The van der Waals surface area contributed by atoms with E-state index in [2.05, 4.69) is 4.98 Å². The number of ether oxygens (including phenoxy) is 1. The number of hydrogen-bond donors (Lipinski definition) is 1. The number of aromatic nitrogens is 1. The molecule has 0 bridgehead atoms. The van der Waals surface area contributed by atoms with E-state index in [4.69, 9.17) is 16.3 Å². The van der Waals surface area contributed by atoms with Crippen LogP contribution in [0, 0.1) is 0 Å². The first-order valence-corrected chi connectivity index (χ1v) is 7.30. The lowest BCUT2D eigenvalue weighted by Gasteiger charge is -2.20. The topological polar surface area (TPSA) is 62.4 Å². The van der Waals surface area contributed by atoms with Crippen LogP contribution in [0.5, 0.6) is 0 Å². The van der Waals surface area contributed by atoms with Gasteiger partial charge in [-0.3, -0.25) is 4.79 Å². The van der Waals surface area contributed by atoms with Gasteiger partial charge in [0.1, 0.15) is 5.69 Å². The molecule has 2 aromatic rings. The Kier molecular flexibility index (Phi) is 5.61. The van der Waals surface area contributed by atoms with Gasteiger partial charge in [-0.05, 0) is 18.6 Å². The molecule has 0 aliphatic rings. The molecule has 0 unspecified atom stereocenters. The summed E-state index contributed by atoms with van der Waals surface area (Å²) in [7, 11) is 0. The Morgan fingerprint density at radius 2 is 2.00 bits per heavy atom. The maximum Gasteiger partial charge on any atom is 0.355 e. The Labute approximate surface area is 133 Å². The number of H-pyrrole nitrogens is 1. The fraction of sp³-hybridized carbons (Fsp3) is 0.250. The second-order valence-corrected chi connectivity index (χ2v) is 5.14. The van der Waals surface area contributed by atoms with Gasteiger partial charge in [-0.25, -0.2) is 4.79 Å². The molecule has 1 amide bonds. The van der Waals surface area contributed by atoms with Gasteiger partial charge in [0.25, 0.3) is 5.91 Å². The predicted octanol–water partition coefficient (Wildman–Crippen LogP) is 2.87. The lowest BCUT2D eigenvalue weighted by Crippen LogP contribution is -2.34. The molecule has 2 rings (SSSR count). The standard InChI is InChI=1S/C16H17ClN2O3/c1-2-19(10-12-6-4-3-5-7-12)15(20)11-22-16(21)14-8-13(17)9-18-14/h3-9,18H,2,10-11H2,1H3. The molecule has 1 aromatic heterocycles. The van der Waals surface area contributed by atoms with Crippen molar-refractivity contribution < 1.29 is 14.3 Å². The molecule has 0 saturated heterocycles. The Balaban J connectivity index is 1.88. The van der Waals surface area contributed by atoms with Crippen LogP contribution in [0.3, 0.4) is 0 Å². The monoisotopic (exact) mass is 320 g/mol. The summed E-state index contributed by atoms with van der Waals surface area (Å²) in [5.41, 5.74) is 1.25. The molecule has 0 aliphatic carbocycles. The number of nitrogens with one attached hydrogen (secondary N) is 1. The van der Waals surface area contributed by atoms with E-state index in [0.717, 1.165) is 5.56 Å². The summed E-state index contributed by atoms with van der Waals surface area (Å²) in [6.45, 7) is 2.62. The number of carbonyl (C=O) groups is 2. The lowest BCUT2D eigenvalue weighted by molar-refractivity contribution is -0.134. The number of carbonyl (C=O) groups excluding carboxylic acids is 2. The van der Waals surface area contributed by atoms with Crippen molar-refractivity contribution in [3.63, 3.8) is 0 Å². The van der Waals surface area contributed by atoms with Gasteiger partial charge in [0.05, 0.1) is 5.02 Å². The molecule has 1 aromatic carbocycles. The lowest BCUT2D eigenvalue weighted by atomic mass is 10.2. The summed E-state index contributed by atoms with van der Waals surface area (Å²) >= 11 is 5.72. The van der Waals surface area contributed by atoms with Gasteiger partial charge in [0, 0.05) is 19.3 Å². The first kappa shape index (κ1) is 16.1. The van der Waals surface area contributed by atoms with E-state index in [0.29, 0.717) is 18.1 Å². The third-order valence-electron chi connectivity index (χ3n) is 3.15. The van der Waals surface area contributed by atoms with Crippen molar-refractivity contribution in [1.29, 1.82) is 0 Å². The molecule has 1 N–H and O–H groups in total. The van der Waals surface area contributed by atoms with Crippen molar-refractivity contribution in [3.8, 4) is 0 Å². The number of benzene rings is 1. The van der Waals surface area contributed by atoms with Gasteiger partial charge in [0.15, 0.2) is 6.61 Å². The predicted molar refractivity (Wildman–Crippen MR) is 83.6 cm³/mol. The van der Waals surface area contributed by atoms with E-state index in [9.17, 15) is 9.59 Å². The molecule has 0 aliphatic heterocycles. The van der Waals surface area contributed by atoms with E-state index >= 15 is 0 Å². The Bertz CT molecular complexity index is 640. The van der Waals surface area contributed by atoms with Crippen molar-refractivity contribution in [2.75, 3.05) is 13.2 Å². The van der Waals surface area contributed by atoms with Gasteiger partial charge in [-0.15, -0.1) is 0 Å². The van der Waals surface area contributed by atoms with Gasteiger partial charge >= 0.3 is 5.97 Å². The maximum atomic E-state index is 12.1. The minimum Gasteiger partial charge on any atom is -0.451 e. The number of hydrogen-bond acceptors (Lipinski definition) is 3. The van der Waals surface area contributed by atoms with Crippen molar-refractivity contribution in [2.24, 2.45) is 0 Å². The molecular weight excluding hydrogens is 304 g/mol. The summed E-state index contributed by atoms with van der Waals surface area (Å²) in [5.74, 6) is -0.839. The number of likely N-dealkylation sites (N-methyl/N-ethyl adjacent to an activating group) is 1. The molecule has 22 heavy (non-hydrogen) atoms. The number of amides is 1. The number of esters is 1. The Hall–Kier alpha value is -2.27. The second kappa shape index (κ2) is 7.66. The first-order valence-electron chi connectivity index (χ1n) is 6.93. The number of aromatic amines is 1. The van der Waals surface area contributed by atoms with E-state index in [1.165, 1.54) is 12.3 Å². The highest BCUT2D eigenvalue weighted by Crippen LogP contribution is 2.10. The average Bonchev–Trinajstić information content (AvgIpc) is 2.97. The van der Waals surface area contributed by atoms with Gasteiger partial charge in [-0.1, -0.05) is 41.9 Å². The van der Waals surface area contributed by atoms with Crippen LogP contribution in [0.15, 0.2) is 42.6 Å². The fourth-order valence-electron chi connectivity index (χ4n) is 1.96. The van der Waals surface area contributed by atoms with E-state index in [1.54, 1.807) is 4.90 Å². The number of halogens is 1. The van der Waals surface area contributed by atoms with Crippen molar-refractivity contribution in [1.82, 2.24) is 9.88 Å². The van der Waals surface area contributed by atoms with E-state index < -0.39 is 5.97 Å². The molecule has 0 radical (unpaired) electrons. The molecule has 116 valence electrons. The molecule has 0 saturated carbocycles. The minimum atomic E-state index is -0.601. The van der Waals surface area contributed by atoms with Crippen LogP contribution in [0.25, 0.3) is 0 Å². The molecule has 0 fully saturated rings. The van der Waals surface area contributed by atoms with Gasteiger partial charge < -0.3 is 14.6 Å². The number of nitrogens with zero attached hydrogens (tertiary/aromatic N) is 1. The zero-order valence-corrected chi connectivity index (χ0v) is 13.0. The van der Waals surface area contributed by atoms with Crippen LogP contribution in [-0.4, -0.2) is 34.9 Å². The third kappa shape index (κ3) is 4.36. The smallest absolute Gasteiger partial charge is 0.355 e. The van der Waals surface area contributed by atoms with Crippen LogP contribution >= 0.6 is 11.6 Å². The van der Waals surface area contributed by atoms with Crippen LogP contribution in [-0.2, 0) is 16.1 Å². The zero-order valence-electron chi connectivity index (χ0n) is 12.2. The highest BCUT2D eigenvalue weighted by Gasteiger charge is 2.16. The maximum absolute atomic E-state index is 12.1. The van der Waals surface area contributed by atoms with Gasteiger partial charge in [0.2, 0.25) is 0 Å². The molecule has 0 atom stereocenters. The third-order valence-corrected chi connectivity index (χ3v) is 3.36. The first-order chi connectivity index (χ1) is 10.6.